The van der Waals surface area contributed by atoms with Crippen LogP contribution in [0.3, 0.4) is 0 Å². The maximum absolute atomic E-state index is 12.8. The summed E-state index contributed by atoms with van der Waals surface area (Å²) in [4.78, 5) is 20.5. The largest absolute Gasteiger partial charge is 0.464 e. The van der Waals surface area contributed by atoms with Crippen LogP contribution in [-0.2, 0) is 17.6 Å². The molecule has 3 rings (SSSR count). The van der Waals surface area contributed by atoms with Crippen molar-refractivity contribution in [1.29, 1.82) is 0 Å². The number of piperidine rings is 1. The molecule has 1 fully saturated rings. The van der Waals surface area contributed by atoms with Gasteiger partial charge in [-0.15, -0.1) is 11.3 Å². The average Bonchev–Trinajstić information content (AvgIpc) is 3.14. The minimum atomic E-state index is 0.0802. The van der Waals surface area contributed by atoms with Crippen molar-refractivity contribution < 1.29 is 9.21 Å². The van der Waals surface area contributed by atoms with Crippen LogP contribution in [-0.4, -0.2) is 22.3 Å². The second-order valence-corrected chi connectivity index (χ2v) is 7.58. The van der Waals surface area contributed by atoms with Crippen LogP contribution in [0.15, 0.2) is 16.5 Å². The summed E-state index contributed by atoms with van der Waals surface area (Å²) in [7, 11) is 0. The van der Waals surface area contributed by atoms with E-state index in [2.05, 4.69) is 11.9 Å². The Balaban J connectivity index is 1.77. The van der Waals surface area contributed by atoms with Gasteiger partial charge in [0, 0.05) is 17.8 Å². The number of carbonyl (C=O) groups is 1. The van der Waals surface area contributed by atoms with Gasteiger partial charge >= 0.3 is 0 Å². The summed E-state index contributed by atoms with van der Waals surface area (Å²) in [6, 6.07) is 4.14. The van der Waals surface area contributed by atoms with Gasteiger partial charge in [0.2, 0.25) is 5.91 Å². The van der Waals surface area contributed by atoms with E-state index in [0.29, 0.717) is 6.42 Å². The van der Waals surface area contributed by atoms with Gasteiger partial charge in [0.25, 0.3) is 0 Å². The maximum atomic E-state index is 12.8. The molecular weight excluding hydrogens is 308 g/mol. The third-order valence-electron chi connectivity index (χ3n) is 4.50. The lowest BCUT2D eigenvalue weighted by molar-refractivity contribution is -0.134. The van der Waals surface area contributed by atoms with Crippen molar-refractivity contribution in [3.05, 3.63) is 39.2 Å². The summed E-state index contributed by atoms with van der Waals surface area (Å²) in [6.45, 7) is 6.93. The average molecular weight is 332 g/mol. The molecule has 2 aromatic heterocycles. The molecule has 0 N–H and O–H groups in total. The second kappa shape index (κ2) is 6.87. The smallest absolute Gasteiger partial charge is 0.229 e. The Hall–Kier alpha value is -1.62. The van der Waals surface area contributed by atoms with Crippen LogP contribution in [0.1, 0.15) is 59.3 Å². The molecule has 23 heavy (non-hydrogen) atoms. The van der Waals surface area contributed by atoms with E-state index in [4.69, 9.17) is 4.42 Å². The van der Waals surface area contributed by atoms with Crippen LogP contribution in [0.2, 0.25) is 0 Å². The van der Waals surface area contributed by atoms with Gasteiger partial charge in [-0.05, 0) is 45.2 Å². The number of hydrogen-bond donors (Lipinski definition) is 0. The number of aryl methyl sites for hydroxylation is 3. The van der Waals surface area contributed by atoms with Crippen molar-refractivity contribution in [3.8, 4) is 0 Å². The first kappa shape index (κ1) is 16.2. The molecule has 0 saturated carbocycles. The molecule has 0 aliphatic carbocycles. The van der Waals surface area contributed by atoms with E-state index in [9.17, 15) is 4.79 Å². The molecule has 5 heteroatoms. The number of hydrogen-bond acceptors (Lipinski definition) is 4. The zero-order valence-electron chi connectivity index (χ0n) is 14.1. The Bertz CT molecular complexity index is 689. The van der Waals surface area contributed by atoms with Crippen LogP contribution in [0, 0.1) is 13.8 Å². The van der Waals surface area contributed by atoms with Crippen molar-refractivity contribution in [2.24, 2.45) is 0 Å². The predicted octanol–water partition coefficient (Wildman–Crippen LogP) is 4.21. The third kappa shape index (κ3) is 3.50. The van der Waals surface area contributed by atoms with Gasteiger partial charge in [0.15, 0.2) is 0 Å². The second-order valence-electron chi connectivity index (χ2n) is 6.17. The maximum Gasteiger partial charge on any atom is 0.229 e. The third-order valence-corrected chi connectivity index (χ3v) is 5.43. The summed E-state index contributed by atoms with van der Waals surface area (Å²) in [5.74, 6) is 2.09. The van der Waals surface area contributed by atoms with E-state index in [1.54, 1.807) is 11.3 Å². The highest BCUT2D eigenvalue weighted by Crippen LogP contribution is 2.33. The fraction of sp³-hybridized carbons (Fsp3) is 0.556. The molecule has 1 saturated heterocycles. The van der Waals surface area contributed by atoms with E-state index in [1.807, 2.05) is 30.9 Å². The van der Waals surface area contributed by atoms with E-state index in [-0.39, 0.29) is 11.9 Å². The number of aromatic nitrogens is 1. The van der Waals surface area contributed by atoms with Gasteiger partial charge in [-0.3, -0.25) is 4.79 Å². The van der Waals surface area contributed by atoms with Crippen molar-refractivity contribution in [2.75, 3.05) is 6.54 Å². The monoisotopic (exact) mass is 332 g/mol. The molecule has 124 valence electrons. The Morgan fingerprint density at radius 2 is 2.22 bits per heavy atom. The first-order valence-electron chi connectivity index (χ1n) is 8.39. The number of thiazole rings is 1. The zero-order valence-corrected chi connectivity index (χ0v) is 14.9. The molecule has 0 aromatic carbocycles. The van der Waals surface area contributed by atoms with Crippen LogP contribution in [0.4, 0.5) is 0 Å². The minimum Gasteiger partial charge on any atom is -0.464 e. The lowest BCUT2D eigenvalue weighted by Gasteiger charge is -2.34. The molecule has 0 spiro atoms. The SMILES string of the molecule is CCc1ccc(C2CCCCN2C(=O)Cc2nc(C)sc2C)o1. The lowest BCUT2D eigenvalue weighted by atomic mass is 9.99. The number of rotatable bonds is 4. The molecule has 1 aliphatic rings. The molecular formula is C18H24N2O2S. The molecule has 0 radical (unpaired) electrons. The number of furan rings is 1. The molecule has 1 amide bonds. The first-order chi connectivity index (χ1) is 11.1. The Labute approximate surface area is 141 Å². The molecule has 1 unspecified atom stereocenters. The summed E-state index contributed by atoms with van der Waals surface area (Å²) in [5, 5.41) is 1.03. The minimum absolute atomic E-state index is 0.0802. The molecule has 2 aromatic rings. The van der Waals surface area contributed by atoms with Crippen LogP contribution < -0.4 is 0 Å². The quantitative estimate of drug-likeness (QED) is 0.842. The topological polar surface area (TPSA) is 46.3 Å². The number of carbonyl (C=O) groups excluding carboxylic acids is 1. The zero-order chi connectivity index (χ0) is 16.4. The van der Waals surface area contributed by atoms with Crippen molar-refractivity contribution in [1.82, 2.24) is 9.88 Å². The van der Waals surface area contributed by atoms with E-state index < -0.39 is 0 Å². The highest BCUT2D eigenvalue weighted by atomic mass is 32.1. The molecule has 1 atom stereocenters. The van der Waals surface area contributed by atoms with E-state index >= 15 is 0 Å². The molecule has 4 nitrogen and oxygen atoms in total. The standard InChI is InChI=1S/C18H24N2O2S/c1-4-14-8-9-17(22-14)16-7-5-6-10-20(16)18(21)11-15-12(2)23-13(3)19-15/h8-9,16H,4-7,10-11H2,1-3H3. The summed E-state index contributed by atoms with van der Waals surface area (Å²) >= 11 is 1.66. The van der Waals surface area contributed by atoms with Gasteiger partial charge in [0.05, 0.1) is 23.2 Å². The molecule has 0 bridgehead atoms. The van der Waals surface area contributed by atoms with Crippen LogP contribution in [0.25, 0.3) is 0 Å². The fourth-order valence-corrected chi connectivity index (χ4v) is 4.10. The van der Waals surface area contributed by atoms with Crippen molar-refractivity contribution >= 4 is 17.2 Å². The van der Waals surface area contributed by atoms with Gasteiger partial charge < -0.3 is 9.32 Å². The Morgan fingerprint density at radius 3 is 2.87 bits per heavy atom. The van der Waals surface area contributed by atoms with Gasteiger partial charge in [-0.25, -0.2) is 4.98 Å². The summed E-state index contributed by atoms with van der Waals surface area (Å²) < 4.78 is 5.92. The molecule has 3 heterocycles. The number of nitrogens with zero attached hydrogens (tertiary/aromatic N) is 2. The highest BCUT2D eigenvalue weighted by Gasteiger charge is 2.30. The van der Waals surface area contributed by atoms with Gasteiger partial charge in [-0.2, -0.15) is 0 Å². The predicted molar refractivity (Wildman–Crippen MR) is 91.7 cm³/mol. The normalized spacial score (nSPS) is 18.4. The van der Waals surface area contributed by atoms with E-state index in [1.165, 1.54) is 0 Å². The number of likely N-dealkylation sites (tertiary alicyclic amines) is 1. The Kier molecular flexibility index (Phi) is 4.85. The van der Waals surface area contributed by atoms with Crippen molar-refractivity contribution in [3.63, 3.8) is 0 Å². The van der Waals surface area contributed by atoms with Crippen LogP contribution in [0.5, 0.6) is 0 Å². The summed E-state index contributed by atoms with van der Waals surface area (Å²) in [6.07, 6.45) is 4.48. The van der Waals surface area contributed by atoms with Crippen LogP contribution >= 0.6 is 11.3 Å². The van der Waals surface area contributed by atoms with Crippen molar-refractivity contribution in [2.45, 2.75) is 58.9 Å². The number of amides is 1. The highest BCUT2D eigenvalue weighted by molar-refractivity contribution is 7.11. The van der Waals surface area contributed by atoms with Gasteiger partial charge in [0.1, 0.15) is 11.5 Å². The van der Waals surface area contributed by atoms with Gasteiger partial charge in [-0.1, -0.05) is 6.92 Å². The fourth-order valence-electron chi connectivity index (χ4n) is 3.27. The lowest BCUT2D eigenvalue weighted by Crippen LogP contribution is -2.39. The first-order valence-corrected chi connectivity index (χ1v) is 9.21. The summed E-state index contributed by atoms with van der Waals surface area (Å²) in [5.41, 5.74) is 0.926. The van der Waals surface area contributed by atoms with E-state index in [0.717, 1.165) is 59.3 Å². The Morgan fingerprint density at radius 1 is 1.39 bits per heavy atom. The molecule has 1 aliphatic heterocycles.